The number of nitrogens with one attached hydrogen (secondary N) is 1. The summed E-state index contributed by atoms with van der Waals surface area (Å²) >= 11 is 0. The third kappa shape index (κ3) is 4.11. The quantitative estimate of drug-likeness (QED) is 0.441. The van der Waals surface area contributed by atoms with Crippen molar-refractivity contribution < 1.29 is 42.7 Å². The van der Waals surface area contributed by atoms with Crippen LogP contribution in [-0.2, 0) is 9.53 Å². The Morgan fingerprint density at radius 1 is 0.825 bits per heavy atom. The molecule has 1 aliphatic carbocycles. The van der Waals surface area contributed by atoms with E-state index in [0.29, 0.717) is 40.1 Å². The van der Waals surface area contributed by atoms with Crippen molar-refractivity contribution in [3.63, 3.8) is 0 Å². The number of benzene rings is 3. The van der Waals surface area contributed by atoms with Crippen molar-refractivity contribution in [3.8, 4) is 34.5 Å². The molecule has 4 atom stereocenters. The molecule has 208 valence electrons. The Kier molecular flexibility index (Phi) is 6.53. The first-order valence-corrected chi connectivity index (χ1v) is 12.8. The molecule has 1 amide bonds. The summed E-state index contributed by atoms with van der Waals surface area (Å²) in [4.78, 5) is 26.8. The minimum atomic E-state index is -0.586. The van der Waals surface area contributed by atoms with Gasteiger partial charge in [-0.15, -0.1) is 0 Å². The zero-order valence-corrected chi connectivity index (χ0v) is 22.5. The number of esters is 1. The van der Waals surface area contributed by atoms with Crippen molar-refractivity contribution >= 4 is 11.9 Å². The predicted octanol–water partition coefficient (Wildman–Crippen LogP) is 3.86. The summed E-state index contributed by atoms with van der Waals surface area (Å²) in [6, 6.07) is 13.8. The lowest BCUT2D eigenvalue weighted by molar-refractivity contribution is -0.141. The van der Waals surface area contributed by atoms with Crippen LogP contribution in [0.15, 0.2) is 48.5 Å². The van der Waals surface area contributed by atoms with Gasteiger partial charge in [-0.3, -0.25) is 9.59 Å². The van der Waals surface area contributed by atoms with E-state index >= 15 is 0 Å². The molecule has 1 N–H and O–H groups in total. The van der Waals surface area contributed by atoms with Crippen LogP contribution in [0.4, 0.5) is 0 Å². The monoisotopic (exact) mass is 547 g/mol. The third-order valence-electron chi connectivity index (χ3n) is 7.87. The summed E-state index contributed by atoms with van der Waals surface area (Å²) in [6.07, 6.45) is 0. The zero-order chi connectivity index (χ0) is 28.0. The molecule has 0 saturated carbocycles. The molecule has 0 radical (unpaired) electrons. The molecule has 10 heteroatoms. The lowest BCUT2D eigenvalue weighted by Gasteiger charge is -2.39. The Morgan fingerprint density at radius 3 is 2.08 bits per heavy atom. The Bertz CT molecular complexity index is 1440. The number of amides is 1. The minimum absolute atomic E-state index is 0.0881. The van der Waals surface area contributed by atoms with Gasteiger partial charge < -0.3 is 38.5 Å². The fraction of sp³-hybridized carbons (Fsp3) is 0.333. The second-order valence-corrected chi connectivity index (χ2v) is 9.77. The Balaban J connectivity index is 1.49. The molecular formula is C30H29NO9. The van der Waals surface area contributed by atoms with Gasteiger partial charge in [-0.25, -0.2) is 0 Å². The largest absolute Gasteiger partial charge is 0.497 e. The van der Waals surface area contributed by atoms with E-state index in [1.807, 2.05) is 24.3 Å². The molecule has 3 aromatic carbocycles. The van der Waals surface area contributed by atoms with E-state index in [-0.39, 0.29) is 31.2 Å². The van der Waals surface area contributed by atoms with Crippen LogP contribution in [0, 0.1) is 11.8 Å². The van der Waals surface area contributed by atoms with E-state index in [4.69, 9.17) is 33.2 Å². The van der Waals surface area contributed by atoms with E-state index in [1.54, 1.807) is 45.6 Å². The first-order valence-electron chi connectivity index (χ1n) is 12.8. The normalized spacial score (nSPS) is 22.1. The number of ether oxygens (including phenoxy) is 7. The number of methoxy groups -OCH3 is 4. The second-order valence-electron chi connectivity index (χ2n) is 9.77. The van der Waals surface area contributed by atoms with Crippen LogP contribution in [0.2, 0.25) is 0 Å². The number of fused-ring (bicyclic) bond motifs is 3. The maximum atomic E-state index is 13.4. The maximum absolute atomic E-state index is 13.4. The van der Waals surface area contributed by atoms with Gasteiger partial charge in [0.1, 0.15) is 5.75 Å². The molecule has 3 aromatic rings. The first kappa shape index (κ1) is 25.7. The van der Waals surface area contributed by atoms with Crippen LogP contribution in [0.5, 0.6) is 34.5 Å². The Labute approximate surface area is 231 Å². The average Bonchev–Trinajstić information content (AvgIpc) is 3.61. The number of hydrogen-bond donors (Lipinski definition) is 1. The minimum Gasteiger partial charge on any atom is -0.497 e. The van der Waals surface area contributed by atoms with Crippen LogP contribution in [0.1, 0.15) is 39.0 Å². The van der Waals surface area contributed by atoms with Crippen molar-refractivity contribution in [2.45, 2.75) is 12.0 Å². The highest BCUT2D eigenvalue weighted by Crippen LogP contribution is 2.55. The molecule has 2 aliphatic heterocycles. The van der Waals surface area contributed by atoms with Gasteiger partial charge in [0.2, 0.25) is 12.5 Å². The van der Waals surface area contributed by atoms with Crippen LogP contribution in [0.25, 0.3) is 0 Å². The number of hydrogen-bond acceptors (Lipinski definition) is 9. The zero-order valence-electron chi connectivity index (χ0n) is 22.5. The number of carbonyl (C=O) groups is 2. The standard InChI is InChI=1S/C30H29NO9/c1-34-17-7-5-15(6-8-17)29(32)31-27-19-12-22-21(39-14-40-22)11-18(19)25(26-20(27)13-38-30(26)33)16-9-23(35-2)28(37-4)24(10-16)36-3/h5-12,20,25-27H,13-14H2,1-4H3,(H,31,32)/t20-,25+,26-,27+/m0/s1. The van der Waals surface area contributed by atoms with E-state index in [9.17, 15) is 9.59 Å². The highest BCUT2D eigenvalue weighted by molar-refractivity contribution is 5.95. The molecule has 6 rings (SSSR count). The van der Waals surface area contributed by atoms with Gasteiger partial charge in [-0.2, -0.15) is 0 Å². The number of cyclic esters (lactones) is 1. The third-order valence-corrected chi connectivity index (χ3v) is 7.87. The SMILES string of the molecule is COc1ccc(C(=O)N[C@@H]2c3cc4c(cc3[C@@H](c3cc(OC)c(OC)c(OC)c3)[C@H]3C(=O)OC[C@@H]32)OCO4)cc1. The highest BCUT2D eigenvalue weighted by Gasteiger charge is 2.53. The van der Waals surface area contributed by atoms with Gasteiger partial charge in [0.25, 0.3) is 5.91 Å². The Morgan fingerprint density at radius 2 is 1.48 bits per heavy atom. The van der Waals surface area contributed by atoms with Crippen molar-refractivity contribution in [2.24, 2.45) is 11.8 Å². The van der Waals surface area contributed by atoms with Crippen LogP contribution in [-0.4, -0.2) is 53.7 Å². The van der Waals surface area contributed by atoms with E-state index in [2.05, 4.69) is 5.32 Å². The summed E-state index contributed by atoms with van der Waals surface area (Å²) < 4.78 is 39.0. The molecule has 3 aliphatic rings. The van der Waals surface area contributed by atoms with Gasteiger partial charge in [0.15, 0.2) is 23.0 Å². The second kappa shape index (κ2) is 10.2. The van der Waals surface area contributed by atoms with Crippen molar-refractivity contribution in [1.29, 1.82) is 0 Å². The van der Waals surface area contributed by atoms with Crippen molar-refractivity contribution in [2.75, 3.05) is 41.8 Å². The summed E-state index contributed by atoms with van der Waals surface area (Å²) in [5.74, 6) is 1.21. The van der Waals surface area contributed by atoms with Crippen molar-refractivity contribution in [3.05, 3.63) is 70.8 Å². The number of rotatable bonds is 7. The molecule has 1 fully saturated rings. The van der Waals surface area contributed by atoms with Gasteiger partial charge in [0.05, 0.1) is 47.0 Å². The Hall–Kier alpha value is -4.60. The molecule has 10 nitrogen and oxygen atoms in total. The van der Waals surface area contributed by atoms with Crippen molar-refractivity contribution in [1.82, 2.24) is 5.32 Å². The van der Waals surface area contributed by atoms with Gasteiger partial charge in [0, 0.05) is 17.4 Å². The highest BCUT2D eigenvalue weighted by atomic mass is 16.7. The molecule has 0 aromatic heterocycles. The fourth-order valence-corrected chi connectivity index (χ4v) is 6.00. The topological polar surface area (TPSA) is 111 Å². The van der Waals surface area contributed by atoms with Gasteiger partial charge >= 0.3 is 5.97 Å². The van der Waals surface area contributed by atoms with Crippen LogP contribution >= 0.6 is 0 Å². The van der Waals surface area contributed by atoms with E-state index < -0.39 is 17.9 Å². The first-order chi connectivity index (χ1) is 19.5. The predicted molar refractivity (Wildman–Crippen MR) is 142 cm³/mol. The summed E-state index contributed by atoms with van der Waals surface area (Å²) in [5.41, 5.74) is 2.89. The molecule has 0 unspecified atom stereocenters. The maximum Gasteiger partial charge on any atom is 0.310 e. The fourth-order valence-electron chi connectivity index (χ4n) is 6.00. The molecule has 2 heterocycles. The van der Waals surface area contributed by atoms with E-state index in [0.717, 1.165) is 16.7 Å². The lowest BCUT2D eigenvalue weighted by atomic mass is 9.65. The lowest BCUT2D eigenvalue weighted by Crippen LogP contribution is -2.42. The van der Waals surface area contributed by atoms with E-state index in [1.165, 1.54) is 7.11 Å². The van der Waals surface area contributed by atoms with Gasteiger partial charge in [-0.05, 0) is 65.2 Å². The smallest absolute Gasteiger partial charge is 0.310 e. The van der Waals surface area contributed by atoms with Crippen LogP contribution < -0.4 is 33.7 Å². The molecule has 40 heavy (non-hydrogen) atoms. The summed E-state index contributed by atoms with van der Waals surface area (Å²) in [6.45, 7) is 0.247. The van der Waals surface area contributed by atoms with Crippen LogP contribution in [0.3, 0.4) is 0 Å². The molecular weight excluding hydrogens is 518 g/mol. The van der Waals surface area contributed by atoms with Gasteiger partial charge in [-0.1, -0.05) is 0 Å². The summed E-state index contributed by atoms with van der Waals surface area (Å²) in [5, 5.41) is 3.17. The molecule has 0 bridgehead atoms. The summed E-state index contributed by atoms with van der Waals surface area (Å²) in [7, 11) is 6.20. The molecule has 0 spiro atoms. The number of carbonyl (C=O) groups excluding carboxylic acids is 2. The average molecular weight is 548 g/mol. The molecule has 1 saturated heterocycles.